The Kier molecular flexibility index (Phi) is 7.93. The van der Waals surface area contributed by atoms with E-state index in [1.165, 1.54) is 0 Å². The third-order valence-corrected chi connectivity index (χ3v) is 5.73. The first-order valence-electron chi connectivity index (χ1n) is 10.9. The molecule has 6 heteroatoms. The molecule has 1 aliphatic rings. The van der Waals surface area contributed by atoms with Crippen molar-refractivity contribution in [1.82, 2.24) is 10.2 Å². The van der Waals surface area contributed by atoms with Gasteiger partial charge in [0.15, 0.2) is 6.61 Å². The summed E-state index contributed by atoms with van der Waals surface area (Å²) in [6.07, 6.45) is 4.28. The maximum atomic E-state index is 13.1. The number of ether oxygens (including phenoxy) is 2. The van der Waals surface area contributed by atoms with Gasteiger partial charge in [-0.2, -0.15) is 0 Å². The van der Waals surface area contributed by atoms with Crippen LogP contribution in [0.2, 0.25) is 0 Å². The Hall–Kier alpha value is -3.02. The fourth-order valence-electron chi connectivity index (χ4n) is 3.84. The fraction of sp³-hybridized carbons (Fsp3) is 0.440. The number of rotatable bonds is 9. The zero-order valence-electron chi connectivity index (χ0n) is 18.6. The first-order valence-corrected chi connectivity index (χ1v) is 10.9. The molecule has 3 rings (SSSR count). The van der Waals surface area contributed by atoms with Crippen LogP contribution in [0.1, 0.15) is 43.7 Å². The highest BCUT2D eigenvalue weighted by Crippen LogP contribution is 2.19. The number of methoxy groups -OCH3 is 1. The average molecular weight is 425 g/mol. The minimum Gasteiger partial charge on any atom is -0.497 e. The van der Waals surface area contributed by atoms with E-state index in [1.54, 1.807) is 18.9 Å². The lowest BCUT2D eigenvalue weighted by Crippen LogP contribution is -2.50. The summed E-state index contributed by atoms with van der Waals surface area (Å²) in [5.41, 5.74) is 1.98. The minimum atomic E-state index is -0.601. The summed E-state index contributed by atoms with van der Waals surface area (Å²) in [5, 5.41) is 3.11. The van der Waals surface area contributed by atoms with Crippen molar-refractivity contribution in [2.75, 3.05) is 13.7 Å². The summed E-state index contributed by atoms with van der Waals surface area (Å²) >= 11 is 0. The third-order valence-electron chi connectivity index (χ3n) is 5.73. The van der Waals surface area contributed by atoms with Crippen LogP contribution in [0.25, 0.3) is 0 Å². The normalized spacial score (nSPS) is 14.7. The summed E-state index contributed by atoms with van der Waals surface area (Å²) in [6, 6.07) is 14.7. The molecule has 0 spiro atoms. The summed E-state index contributed by atoms with van der Waals surface area (Å²) in [4.78, 5) is 27.6. The van der Waals surface area contributed by atoms with Crippen molar-refractivity contribution in [2.45, 2.75) is 58.2 Å². The van der Waals surface area contributed by atoms with Gasteiger partial charge in [-0.25, -0.2) is 0 Å². The van der Waals surface area contributed by atoms with Crippen LogP contribution in [0.15, 0.2) is 48.5 Å². The maximum Gasteiger partial charge on any atom is 0.261 e. The van der Waals surface area contributed by atoms with Crippen molar-refractivity contribution in [3.05, 3.63) is 59.7 Å². The number of carbonyl (C=O) groups excluding carboxylic acids is 2. The topological polar surface area (TPSA) is 67.9 Å². The second-order valence-corrected chi connectivity index (χ2v) is 8.14. The Labute approximate surface area is 184 Å². The second-order valence-electron chi connectivity index (χ2n) is 8.14. The largest absolute Gasteiger partial charge is 0.497 e. The highest BCUT2D eigenvalue weighted by atomic mass is 16.5. The molecule has 1 atom stereocenters. The Balaban J connectivity index is 1.71. The van der Waals surface area contributed by atoms with Gasteiger partial charge < -0.3 is 19.7 Å². The van der Waals surface area contributed by atoms with E-state index in [0.29, 0.717) is 12.3 Å². The Morgan fingerprint density at radius 1 is 1.10 bits per heavy atom. The molecule has 0 aliphatic heterocycles. The number of hydrogen-bond acceptors (Lipinski definition) is 4. The van der Waals surface area contributed by atoms with Gasteiger partial charge in [-0.1, -0.05) is 37.1 Å². The van der Waals surface area contributed by atoms with Crippen LogP contribution in [-0.2, 0) is 16.1 Å². The molecule has 166 valence electrons. The number of carbonyl (C=O) groups is 2. The van der Waals surface area contributed by atoms with Gasteiger partial charge in [0.25, 0.3) is 5.91 Å². The zero-order valence-corrected chi connectivity index (χ0v) is 18.6. The van der Waals surface area contributed by atoms with Crippen LogP contribution in [-0.4, -0.2) is 42.5 Å². The van der Waals surface area contributed by atoms with Gasteiger partial charge in [-0.05, 0) is 62.1 Å². The highest BCUT2D eigenvalue weighted by Gasteiger charge is 2.28. The van der Waals surface area contributed by atoms with E-state index in [1.807, 2.05) is 55.5 Å². The van der Waals surface area contributed by atoms with Gasteiger partial charge in [0.05, 0.1) is 7.11 Å². The molecule has 0 radical (unpaired) electrons. The molecule has 1 N–H and O–H groups in total. The van der Waals surface area contributed by atoms with Crippen molar-refractivity contribution < 1.29 is 19.1 Å². The zero-order chi connectivity index (χ0) is 22.2. The quantitative estimate of drug-likeness (QED) is 0.664. The van der Waals surface area contributed by atoms with Crippen molar-refractivity contribution in [3.8, 4) is 11.5 Å². The monoisotopic (exact) mass is 424 g/mol. The van der Waals surface area contributed by atoms with Gasteiger partial charge in [0.2, 0.25) is 5.91 Å². The molecule has 2 aromatic carbocycles. The number of amides is 2. The summed E-state index contributed by atoms with van der Waals surface area (Å²) in [6.45, 7) is 3.94. The van der Waals surface area contributed by atoms with Gasteiger partial charge in [0.1, 0.15) is 17.5 Å². The standard InChI is InChI=1S/C25H32N2O4/c1-18-7-6-10-23(15-18)31-17-24(28)27(16-20-11-13-22(30-3)14-12-20)19(2)25(29)26-21-8-4-5-9-21/h6-7,10-15,19,21H,4-5,8-9,16-17H2,1-3H3,(H,26,29). The lowest BCUT2D eigenvalue weighted by Gasteiger charge is -2.29. The molecule has 1 saturated carbocycles. The lowest BCUT2D eigenvalue weighted by atomic mass is 10.1. The van der Waals surface area contributed by atoms with E-state index < -0.39 is 6.04 Å². The van der Waals surface area contributed by atoms with E-state index in [-0.39, 0.29) is 24.5 Å². The number of hydrogen-bond donors (Lipinski definition) is 1. The van der Waals surface area contributed by atoms with Gasteiger partial charge in [-0.15, -0.1) is 0 Å². The summed E-state index contributed by atoms with van der Waals surface area (Å²) < 4.78 is 10.9. The first kappa shape index (κ1) is 22.7. The van der Waals surface area contributed by atoms with Gasteiger partial charge >= 0.3 is 0 Å². The van der Waals surface area contributed by atoms with E-state index >= 15 is 0 Å². The Morgan fingerprint density at radius 3 is 2.45 bits per heavy atom. The van der Waals surface area contributed by atoms with Crippen LogP contribution < -0.4 is 14.8 Å². The van der Waals surface area contributed by atoms with E-state index in [9.17, 15) is 9.59 Å². The minimum absolute atomic E-state index is 0.121. The van der Waals surface area contributed by atoms with Crippen molar-refractivity contribution in [3.63, 3.8) is 0 Å². The maximum absolute atomic E-state index is 13.1. The number of benzene rings is 2. The van der Waals surface area contributed by atoms with E-state index in [2.05, 4.69) is 5.32 Å². The Bertz CT molecular complexity index is 875. The molecule has 31 heavy (non-hydrogen) atoms. The van der Waals surface area contributed by atoms with Crippen molar-refractivity contribution in [1.29, 1.82) is 0 Å². The van der Waals surface area contributed by atoms with Gasteiger partial charge in [-0.3, -0.25) is 9.59 Å². The smallest absolute Gasteiger partial charge is 0.261 e. The predicted molar refractivity (Wildman–Crippen MR) is 120 cm³/mol. The molecular formula is C25H32N2O4. The number of nitrogens with one attached hydrogen (secondary N) is 1. The van der Waals surface area contributed by atoms with E-state index in [0.717, 1.165) is 42.6 Å². The average Bonchev–Trinajstić information content (AvgIpc) is 3.29. The molecule has 0 aromatic heterocycles. The third kappa shape index (κ3) is 6.48. The summed E-state index contributed by atoms with van der Waals surface area (Å²) in [7, 11) is 1.61. The molecule has 1 fully saturated rings. The predicted octanol–water partition coefficient (Wildman–Crippen LogP) is 3.86. The van der Waals surface area contributed by atoms with Gasteiger partial charge in [0, 0.05) is 12.6 Å². The molecule has 2 amide bonds. The number of aryl methyl sites for hydroxylation is 1. The van der Waals surface area contributed by atoms with Crippen LogP contribution in [0, 0.1) is 6.92 Å². The molecular weight excluding hydrogens is 392 g/mol. The molecule has 0 saturated heterocycles. The number of nitrogens with zero attached hydrogens (tertiary/aromatic N) is 1. The molecule has 0 heterocycles. The molecule has 0 bridgehead atoms. The van der Waals surface area contributed by atoms with Crippen LogP contribution in [0.4, 0.5) is 0 Å². The molecule has 1 aliphatic carbocycles. The Morgan fingerprint density at radius 2 is 1.81 bits per heavy atom. The SMILES string of the molecule is COc1ccc(CN(C(=O)COc2cccc(C)c2)C(C)C(=O)NC2CCCC2)cc1. The van der Waals surface area contributed by atoms with Crippen LogP contribution in [0.3, 0.4) is 0 Å². The van der Waals surface area contributed by atoms with Crippen LogP contribution >= 0.6 is 0 Å². The second kappa shape index (κ2) is 10.8. The lowest BCUT2D eigenvalue weighted by molar-refractivity contribution is -0.142. The molecule has 6 nitrogen and oxygen atoms in total. The van der Waals surface area contributed by atoms with Crippen molar-refractivity contribution >= 4 is 11.8 Å². The summed E-state index contributed by atoms with van der Waals surface area (Å²) in [5.74, 6) is 1.04. The highest BCUT2D eigenvalue weighted by molar-refractivity contribution is 5.88. The fourth-order valence-corrected chi connectivity index (χ4v) is 3.84. The first-order chi connectivity index (χ1) is 15.0. The van der Waals surface area contributed by atoms with E-state index in [4.69, 9.17) is 9.47 Å². The van der Waals surface area contributed by atoms with Crippen molar-refractivity contribution in [2.24, 2.45) is 0 Å². The molecule has 1 unspecified atom stereocenters. The van der Waals surface area contributed by atoms with Crippen LogP contribution in [0.5, 0.6) is 11.5 Å². The molecule has 2 aromatic rings.